The van der Waals surface area contributed by atoms with E-state index in [1.807, 2.05) is 17.9 Å². The molecule has 0 atom stereocenters. The Morgan fingerprint density at radius 3 is 2.36 bits per heavy atom. The van der Waals surface area contributed by atoms with Gasteiger partial charge in [0.2, 0.25) is 5.70 Å². The highest BCUT2D eigenvalue weighted by molar-refractivity contribution is 5.50. The molecule has 0 aliphatic rings. The second-order valence-electron chi connectivity index (χ2n) is 2.23. The molecule has 0 rings (SSSR count). The Morgan fingerprint density at radius 1 is 1.45 bits per heavy atom. The van der Waals surface area contributed by atoms with Crippen molar-refractivity contribution in [3.63, 3.8) is 0 Å². The summed E-state index contributed by atoms with van der Waals surface area (Å²) in [6.07, 6.45) is 6.08. The number of hydroxylamine groups is 1. The standard InChI is InChI=1S/C9H18NO/c1-5-8-10(11-4)9(6-2)7-3/h6,8H,5,7H2,1-4H3/q+1/b9-6-,10-8+. The molecule has 0 aromatic heterocycles. The SMILES string of the molecule is C/C=C(CC)\[N+](=C/CC)OC. The van der Waals surface area contributed by atoms with Crippen LogP contribution in [0.2, 0.25) is 0 Å². The first-order chi connectivity index (χ1) is 5.29. The first kappa shape index (κ1) is 10.2. The second kappa shape index (κ2) is 5.96. The average Bonchev–Trinajstić information content (AvgIpc) is 2.05. The molecule has 2 nitrogen and oxygen atoms in total. The lowest BCUT2D eigenvalue weighted by Crippen LogP contribution is -2.10. The Labute approximate surface area is 69.1 Å². The summed E-state index contributed by atoms with van der Waals surface area (Å²) in [6.45, 7) is 6.23. The molecule has 0 radical (unpaired) electrons. The van der Waals surface area contributed by atoms with Crippen molar-refractivity contribution in [3.05, 3.63) is 11.8 Å². The average molecular weight is 156 g/mol. The van der Waals surface area contributed by atoms with Gasteiger partial charge in [0.15, 0.2) is 6.21 Å². The van der Waals surface area contributed by atoms with Crippen molar-refractivity contribution in [1.82, 2.24) is 0 Å². The van der Waals surface area contributed by atoms with Gasteiger partial charge in [0, 0.05) is 17.6 Å². The molecule has 0 amide bonds. The van der Waals surface area contributed by atoms with E-state index in [1.165, 1.54) is 5.70 Å². The quantitative estimate of drug-likeness (QED) is 0.346. The third-order valence-corrected chi connectivity index (χ3v) is 1.52. The highest BCUT2D eigenvalue weighted by Crippen LogP contribution is 2.01. The van der Waals surface area contributed by atoms with Crippen LogP contribution in [-0.2, 0) is 4.84 Å². The van der Waals surface area contributed by atoms with Crippen molar-refractivity contribution in [2.45, 2.75) is 33.6 Å². The summed E-state index contributed by atoms with van der Waals surface area (Å²) in [4.78, 5) is 5.14. The summed E-state index contributed by atoms with van der Waals surface area (Å²) in [6, 6.07) is 0. The summed E-state index contributed by atoms with van der Waals surface area (Å²) in [7, 11) is 1.69. The summed E-state index contributed by atoms with van der Waals surface area (Å²) >= 11 is 0. The van der Waals surface area contributed by atoms with Crippen LogP contribution in [0.3, 0.4) is 0 Å². The van der Waals surface area contributed by atoms with Crippen molar-refractivity contribution in [3.8, 4) is 0 Å². The van der Waals surface area contributed by atoms with Crippen LogP contribution in [-0.4, -0.2) is 18.1 Å². The van der Waals surface area contributed by atoms with E-state index in [0.717, 1.165) is 12.8 Å². The smallest absolute Gasteiger partial charge is 0.229 e. The predicted octanol–water partition coefficient (Wildman–Crippen LogP) is 2.35. The van der Waals surface area contributed by atoms with E-state index >= 15 is 0 Å². The van der Waals surface area contributed by atoms with Gasteiger partial charge in [0.25, 0.3) is 0 Å². The largest absolute Gasteiger partial charge is 0.275 e. The van der Waals surface area contributed by atoms with Crippen molar-refractivity contribution >= 4 is 6.21 Å². The zero-order valence-corrected chi connectivity index (χ0v) is 7.92. The molecule has 0 heterocycles. The topological polar surface area (TPSA) is 12.2 Å². The molecule has 0 N–H and O–H groups in total. The van der Waals surface area contributed by atoms with E-state index in [2.05, 4.69) is 19.9 Å². The fraction of sp³-hybridized carbons (Fsp3) is 0.667. The predicted molar refractivity (Wildman–Crippen MR) is 47.7 cm³/mol. The highest BCUT2D eigenvalue weighted by Gasteiger charge is 2.08. The molecule has 0 fully saturated rings. The van der Waals surface area contributed by atoms with Gasteiger partial charge in [0.1, 0.15) is 7.11 Å². The van der Waals surface area contributed by atoms with Gasteiger partial charge < -0.3 is 0 Å². The highest BCUT2D eigenvalue weighted by atomic mass is 16.7. The van der Waals surface area contributed by atoms with Gasteiger partial charge in [-0.15, -0.1) is 0 Å². The summed E-state index contributed by atoms with van der Waals surface area (Å²) in [5, 5.41) is 0. The van der Waals surface area contributed by atoms with Gasteiger partial charge in [-0.05, 0) is 13.0 Å². The molecule has 0 bridgehead atoms. The van der Waals surface area contributed by atoms with Crippen LogP contribution in [0.15, 0.2) is 11.8 Å². The van der Waals surface area contributed by atoms with Crippen LogP contribution >= 0.6 is 0 Å². The van der Waals surface area contributed by atoms with E-state index < -0.39 is 0 Å². The molecule has 0 spiro atoms. The maximum absolute atomic E-state index is 5.14. The summed E-state index contributed by atoms with van der Waals surface area (Å²) in [5.74, 6) is 0. The molecule has 0 saturated carbocycles. The van der Waals surface area contributed by atoms with Crippen molar-refractivity contribution in [1.29, 1.82) is 0 Å². The van der Waals surface area contributed by atoms with Crippen LogP contribution in [0.5, 0.6) is 0 Å². The number of rotatable bonds is 4. The third-order valence-electron chi connectivity index (χ3n) is 1.52. The number of allylic oxidation sites excluding steroid dienone is 2. The van der Waals surface area contributed by atoms with Crippen LogP contribution < -0.4 is 0 Å². The fourth-order valence-corrected chi connectivity index (χ4v) is 0.962. The minimum absolute atomic E-state index is 0.991. The molecule has 0 aliphatic carbocycles. The van der Waals surface area contributed by atoms with Gasteiger partial charge in [-0.1, -0.05) is 13.8 Å². The van der Waals surface area contributed by atoms with E-state index in [1.54, 1.807) is 7.11 Å². The zero-order valence-electron chi connectivity index (χ0n) is 7.92. The molecule has 0 aromatic carbocycles. The van der Waals surface area contributed by atoms with E-state index in [0.29, 0.717) is 0 Å². The summed E-state index contributed by atoms with van der Waals surface area (Å²) in [5.41, 5.74) is 1.20. The van der Waals surface area contributed by atoms with E-state index in [-0.39, 0.29) is 0 Å². The van der Waals surface area contributed by atoms with Crippen LogP contribution in [0.1, 0.15) is 33.6 Å². The Morgan fingerprint density at radius 2 is 2.09 bits per heavy atom. The van der Waals surface area contributed by atoms with Crippen LogP contribution in [0.25, 0.3) is 0 Å². The lowest BCUT2D eigenvalue weighted by Gasteiger charge is -1.98. The van der Waals surface area contributed by atoms with Gasteiger partial charge >= 0.3 is 0 Å². The van der Waals surface area contributed by atoms with Crippen molar-refractivity contribution in [2.75, 3.05) is 7.11 Å². The van der Waals surface area contributed by atoms with Gasteiger partial charge in [-0.3, -0.25) is 4.84 Å². The van der Waals surface area contributed by atoms with Crippen molar-refractivity contribution < 1.29 is 9.58 Å². The molecule has 0 saturated heterocycles. The van der Waals surface area contributed by atoms with E-state index in [9.17, 15) is 0 Å². The van der Waals surface area contributed by atoms with Gasteiger partial charge in [-0.2, -0.15) is 0 Å². The molecule has 0 aromatic rings. The van der Waals surface area contributed by atoms with Gasteiger partial charge in [0.05, 0.1) is 0 Å². The normalized spacial score (nSPS) is 13.5. The first-order valence-corrected chi connectivity index (χ1v) is 4.11. The number of hydrogen-bond acceptors (Lipinski definition) is 1. The molecular weight excluding hydrogens is 138 g/mol. The monoisotopic (exact) mass is 156 g/mol. The molecular formula is C9H18NO+. The molecule has 0 aliphatic heterocycles. The Balaban J connectivity index is 4.35. The second-order valence-corrected chi connectivity index (χ2v) is 2.23. The maximum atomic E-state index is 5.14. The fourth-order valence-electron chi connectivity index (χ4n) is 0.962. The van der Waals surface area contributed by atoms with E-state index in [4.69, 9.17) is 4.84 Å². The number of hydrogen-bond donors (Lipinski definition) is 0. The van der Waals surface area contributed by atoms with Gasteiger partial charge in [-0.25, -0.2) is 0 Å². The lowest BCUT2D eigenvalue weighted by molar-refractivity contribution is -0.743. The minimum Gasteiger partial charge on any atom is -0.275 e. The molecule has 11 heavy (non-hydrogen) atoms. The summed E-state index contributed by atoms with van der Waals surface area (Å²) < 4.78 is 1.82. The number of nitrogens with zero attached hydrogens (tertiary/aromatic N) is 1. The van der Waals surface area contributed by atoms with Crippen LogP contribution in [0, 0.1) is 0 Å². The van der Waals surface area contributed by atoms with Crippen LogP contribution in [0.4, 0.5) is 0 Å². The molecule has 64 valence electrons. The minimum atomic E-state index is 0.991. The molecule has 2 heteroatoms. The van der Waals surface area contributed by atoms with Crippen molar-refractivity contribution in [2.24, 2.45) is 0 Å². The lowest BCUT2D eigenvalue weighted by atomic mass is 10.3. The zero-order chi connectivity index (χ0) is 8.69. The third kappa shape index (κ3) is 3.21. The Kier molecular flexibility index (Phi) is 5.53. The first-order valence-electron chi connectivity index (χ1n) is 4.11. The Hall–Kier alpha value is -0.790. The molecule has 0 unspecified atom stereocenters. The Bertz CT molecular complexity index is 159. The maximum Gasteiger partial charge on any atom is 0.229 e.